The highest BCUT2D eigenvalue weighted by Crippen LogP contribution is 2.40. The summed E-state index contributed by atoms with van der Waals surface area (Å²) in [7, 11) is 0. The Bertz CT molecular complexity index is 2030. The van der Waals surface area contributed by atoms with Crippen molar-refractivity contribution in [1.29, 1.82) is 0 Å². The van der Waals surface area contributed by atoms with Crippen molar-refractivity contribution in [3.05, 3.63) is 106 Å². The smallest absolute Gasteiger partial charge is 0.350 e. The van der Waals surface area contributed by atoms with E-state index in [9.17, 15) is 4.79 Å². The zero-order valence-corrected chi connectivity index (χ0v) is 29.9. The van der Waals surface area contributed by atoms with Gasteiger partial charge in [0.05, 0.1) is 35.2 Å². The van der Waals surface area contributed by atoms with E-state index in [1.807, 2.05) is 30.9 Å². The summed E-state index contributed by atoms with van der Waals surface area (Å²) in [4.78, 5) is 25.8. The van der Waals surface area contributed by atoms with E-state index >= 15 is 4.39 Å². The predicted octanol–water partition coefficient (Wildman–Crippen LogP) is 5.50. The number of ether oxygens (including phenoxy) is 3. The molecule has 0 aliphatic carbocycles. The van der Waals surface area contributed by atoms with Gasteiger partial charge in [0.2, 0.25) is 5.79 Å². The van der Waals surface area contributed by atoms with Gasteiger partial charge in [0.25, 0.3) is 0 Å². The molecule has 2 aromatic carbocycles. The van der Waals surface area contributed by atoms with Crippen molar-refractivity contribution in [1.82, 2.24) is 34.1 Å². The molecule has 0 N–H and O–H groups in total. The molecule has 268 valence electrons. The molecule has 16 heteroatoms. The highest BCUT2D eigenvalue weighted by molar-refractivity contribution is 6.35. The molecule has 5 aromatic rings. The average Bonchev–Trinajstić information content (AvgIpc) is 3.88. The van der Waals surface area contributed by atoms with E-state index in [2.05, 4.69) is 32.0 Å². The maximum absolute atomic E-state index is 15.4. The zero-order chi connectivity index (χ0) is 35.7. The second kappa shape index (κ2) is 14.6. The molecule has 0 bridgehead atoms. The van der Waals surface area contributed by atoms with Crippen LogP contribution >= 0.6 is 23.2 Å². The van der Waals surface area contributed by atoms with Crippen molar-refractivity contribution >= 4 is 34.7 Å². The van der Waals surface area contributed by atoms with Crippen LogP contribution in [-0.4, -0.2) is 79.1 Å². The minimum absolute atomic E-state index is 0.0412. The number of piperazine rings is 1. The van der Waals surface area contributed by atoms with E-state index < -0.39 is 11.9 Å². The van der Waals surface area contributed by atoms with Crippen LogP contribution in [0.3, 0.4) is 0 Å². The number of hydrogen-bond acceptors (Lipinski definition) is 10. The highest BCUT2D eigenvalue weighted by Gasteiger charge is 2.45. The molecule has 51 heavy (non-hydrogen) atoms. The lowest BCUT2D eigenvalue weighted by atomic mass is 10.1. The van der Waals surface area contributed by atoms with Crippen molar-refractivity contribution in [2.24, 2.45) is 0 Å². The fourth-order valence-electron chi connectivity index (χ4n) is 6.49. The van der Waals surface area contributed by atoms with Gasteiger partial charge in [-0.3, -0.25) is 0 Å². The number of nitrogens with zero attached hydrogens (tertiary/aromatic N) is 9. The maximum atomic E-state index is 15.4. The average molecular weight is 739 g/mol. The number of anilines is 2. The lowest BCUT2D eigenvalue weighted by Gasteiger charge is -2.41. The number of benzene rings is 2. The normalized spacial score (nSPS) is 21.3. The Hall–Kier alpha value is -4.50. The van der Waals surface area contributed by atoms with Crippen LogP contribution in [0.25, 0.3) is 5.69 Å². The van der Waals surface area contributed by atoms with Crippen molar-refractivity contribution < 1.29 is 18.6 Å². The van der Waals surface area contributed by atoms with Gasteiger partial charge in [-0.05, 0) is 56.7 Å². The summed E-state index contributed by atoms with van der Waals surface area (Å²) in [6.07, 6.45) is 6.53. The summed E-state index contributed by atoms with van der Waals surface area (Å²) in [5.41, 5.74) is 1.28. The molecular formula is C35H38Cl2FN9O4. The van der Waals surface area contributed by atoms with Crippen LogP contribution in [0, 0.1) is 5.82 Å². The molecule has 0 radical (unpaired) electrons. The van der Waals surface area contributed by atoms with Gasteiger partial charge in [0, 0.05) is 42.3 Å². The van der Waals surface area contributed by atoms with Gasteiger partial charge in [-0.2, -0.15) is 10.2 Å². The van der Waals surface area contributed by atoms with Crippen molar-refractivity contribution in [2.45, 2.75) is 57.7 Å². The SMILES string of the molecule is CCC(C)n1ncn(-c2ccc(N3CCN(c4ccc(OCC5COC(Cn6cncn6)(c6ccc(Cl)cc6Cl)O5)cn4)C(C)C3)c(F)c2)c1=O. The molecule has 2 fully saturated rings. The molecule has 4 unspecified atom stereocenters. The molecule has 5 heterocycles. The van der Waals surface area contributed by atoms with Gasteiger partial charge in [0.15, 0.2) is 0 Å². The van der Waals surface area contributed by atoms with E-state index in [1.54, 1.807) is 47.5 Å². The first kappa shape index (κ1) is 34.9. The minimum atomic E-state index is -1.20. The third-order valence-corrected chi connectivity index (χ3v) is 9.92. The van der Waals surface area contributed by atoms with Gasteiger partial charge in [-0.25, -0.2) is 33.1 Å². The Morgan fingerprint density at radius 2 is 1.96 bits per heavy atom. The van der Waals surface area contributed by atoms with Crippen LogP contribution in [0.1, 0.15) is 38.8 Å². The summed E-state index contributed by atoms with van der Waals surface area (Å²) in [6.45, 7) is 8.56. The van der Waals surface area contributed by atoms with Gasteiger partial charge in [0.1, 0.15) is 55.6 Å². The Labute approximate surface area is 304 Å². The fraction of sp³-hybridized carbons (Fsp3) is 0.400. The summed E-state index contributed by atoms with van der Waals surface area (Å²) < 4.78 is 38.6. The van der Waals surface area contributed by atoms with E-state index in [4.69, 9.17) is 37.4 Å². The molecule has 2 aliphatic rings. The number of pyridine rings is 1. The van der Waals surface area contributed by atoms with Crippen LogP contribution in [0.2, 0.25) is 10.0 Å². The minimum Gasteiger partial charge on any atom is -0.489 e. The lowest BCUT2D eigenvalue weighted by molar-refractivity contribution is -0.190. The van der Waals surface area contributed by atoms with Gasteiger partial charge in [-0.1, -0.05) is 36.2 Å². The largest absolute Gasteiger partial charge is 0.489 e. The molecule has 7 rings (SSSR count). The Morgan fingerprint density at radius 3 is 2.67 bits per heavy atom. The summed E-state index contributed by atoms with van der Waals surface area (Å²) in [5.74, 6) is -0.207. The second-order valence-electron chi connectivity index (χ2n) is 12.8. The van der Waals surface area contributed by atoms with Crippen molar-refractivity contribution in [3.63, 3.8) is 0 Å². The third-order valence-electron chi connectivity index (χ3n) is 9.37. The molecule has 0 spiro atoms. The van der Waals surface area contributed by atoms with Crippen molar-refractivity contribution in [2.75, 3.05) is 42.6 Å². The standard InChI is InChI=1S/C35H38Cl2FN9O4/c1-4-23(2)47-34(48)46(22-42-47)26-6-9-32(31(38)14-26)43-11-12-45(24(3)16-43)33-10-7-27(15-40-33)49-17-28-18-50-35(51-28,19-44-21-39-20-41-44)29-8-5-25(36)13-30(29)37/h5-10,13-15,20-24,28H,4,11-12,16-19H2,1-3H3. The zero-order valence-electron chi connectivity index (χ0n) is 28.4. The van der Waals surface area contributed by atoms with Gasteiger partial charge >= 0.3 is 5.69 Å². The van der Waals surface area contributed by atoms with E-state index in [-0.39, 0.29) is 43.3 Å². The van der Waals surface area contributed by atoms with Crippen LogP contribution in [0.5, 0.6) is 5.75 Å². The van der Waals surface area contributed by atoms with E-state index in [0.717, 1.165) is 12.2 Å². The third kappa shape index (κ3) is 7.18. The topological polar surface area (TPSA) is 118 Å². The number of aromatic nitrogens is 7. The Kier molecular flexibility index (Phi) is 10.0. The maximum Gasteiger partial charge on any atom is 0.350 e. The van der Waals surface area contributed by atoms with Crippen LogP contribution in [0.15, 0.2) is 78.5 Å². The summed E-state index contributed by atoms with van der Waals surface area (Å²) >= 11 is 12.7. The van der Waals surface area contributed by atoms with Crippen LogP contribution in [0.4, 0.5) is 15.9 Å². The Morgan fingerprint density at radius 1 is 1.10 bits per heavy atom. The number of halogens is 3. The van der Waals surface area contributed by atoms with Gasteiger partial charge in [-0.15, -0.1) is 0 Å². The number of hydrogen-bond donors (Lipinski definition) is 0. The molecular weight excluding hydrogens is 700 g/mol. The molecule has 3 aromatic heterocycles. The molecule has 13 nitrogen and oxygen atoms in total. The predicted molar refractivity (Wildman–Crippen MR) is 191 cm³/mol. The number of rotatable bonds is 11. The first-order valence-corrected chi connectivity index (χ1v) is 17.6. The molecule has 0 amide bonds. The summed E-state index contributed by atoms with van der Waals surface area (Å²) in [5, 5.41) is 9.35. The fourth-order valence-corrected chi connectivity index (χ4v) is 7.04. The highest BCUT2D eigenvalue weighted by atomic mass is 35.5. The molecule has 2 aliphatic heterocycles. The lowest BCUT2D eigenvalue weighted by Crippen LogP contribution is -2.52. The Balaban J connectivity index is 0.960. The quantitative estimate of drug-likeness (QED) is 0.172. The van der Waals surface area contributed by atoms with Gasteiger partial charge < -0.3 is 24.0 Å². The van der Waals surface area contributed by atoms with E-state index in [0.29, 0.717) is 52.4 Å². The monoisotopic (exact) mass is 737 g/mol. The second-order valence-corrected chi connectivity index (χ2v) is 13.6. The molecule has 0 saturated carbocycles. The molecule has 4 atom stereocenters. The van der Waals surface area contributed by atoms with E-state index in [1.165, 1.54) is 28.0 Å². The molecule has 2 saturated heterocycles. The van der Waals surface area contributed by atoms with Crippen LogP contribution in [-0.2, 0) is 21.8 Å². The summed E-state index contributed by atoms with van der Waals surface area (Å²) in [6, 6.07) is 13.9. The first-order chi connectivity index (χ1) is 24.6. The first-order valence-electron chi connectivity index (χ1n) is 16.8. The van der Waals surface area contributed by atoms with Crippen molar-refractivity contribution in [3.8, 4) is 11.4 Å². The van der Waals surface area contributed by atoms with Crippen LogP contribution < -0.4 is 20.2 Å².